The third-order valence-electron chi connectivity index (χ3n) is 3.89. The Hall–Kier alpha value is -1.36. The number of piperazine rings is 1. The predicted molar refractivity (Wildman–Crippen MR) is 97.9 cm³/mol. The van der Waals surface area contributed by atoms with Crippen LogP contribution in [0.1, 0.15) is 22.0 Å². The van der Waals surface area contributed by atoms with E-state index in [1.807, 2.05) is 17.5 Å². The lowest BCUT2D eigenvalue weighted by Crippen LogP contribution is -2.45. The molecule has 0 aliphatic carbocycles. The number of benzene rings is 1. The maximum Gasteiger partial charge on any atom is 0.165 e. The molecule has 0 amide bonds. The molecule has 1 atom stereocenters. The molecule has 130 valence electrons. The first-order chi connectivity index (χ1) is 10.7. The smallest absolute Gasteiger partial charge is 0.165 e. The molecule has 1 aliphatic heterocycles. The Labute approximate surface area is 156 Å². The van der Waals surface area contributed by atoms with Gasteiger partial charge in [0.1, 0.15) is 0 Å². The molecule has 0 radical (unpaired) electrons. The lowest BCUT2D eigenvalue weighted by atomic mass is 9.96. The van der Waals surface area contributed by atoms with E-state index in [0.717, 1.165) is 37.1 Å². The fourth-order valence-corrected chi connectivity index (χ4v) is 3.71. The Morgan fingerprint density at radius 3 is 2.54 bits per heavy atom. The van der Waals surface area contributed by atoms with E-state index in [0.29, 0.717) is 11.1 Å². The monoisotopic (exact) mass is 389 g/mol. The lowest BCUT2D eigenvalue weighted by molar-refractivity contribution is 0.197. The molecule has 24 heavy (non-hydrogen) atoms. The highest BCUT2D eigenvalue weighted by atomic mass is 35.5. The molecule has 2 N–H and O–H groups in total. The maximum atomic E-state index is 13.9. The van der Waals surface area contributed by atoms with Gasteiger partial charge in [-0.2, -0.15) is 5.26 Å². The summed E-state index contributed by atoms with van der Waals surface area (Å²) in [5, 5.41) is 24.8. The molecule has 2 heterocycles. The maximum absolute atomic E-state index is 13.9. The molecule has 3 rings (SSSR count). The Balaban J connectivity index is 0.00000144. The van der Waals surface area contributed by atoms with E-state index >= 15 is 0 Å². The number of rotatable bonds is 3. The van der Waals surface area contributed by atoms with Crippen molar-refractivity contribution >= 4 is 36.2 Å². The molecule has 0 saturated carbocycles. The van der Waals surface area contributed by atoms with Crippen LogP contribution in [-0.4, -0.2) is 36.2 Å². The van der Waals surface area contributed by atoms with Gasteiger partial charge in [0.15, 0.2) is 11.6 Å². The summed E-state index contributed by atoms with van der Waals surface area (Å²) in [6, 6.07) is 8.25. The van der Waals surface area contributed by atoms with Gasteiger partial charge in [-0.25, -0.2) is 4.39 Å². The number of nitriles is 1. The number of nitrogens with zero attached hydrogens (tertiary/aromatic N) is 2. The van der Waals surface area contributed by atoms with Crippen LogP contribution >= 0.6 is 36.2 Å². The molecule has 0 bridgehead atoms. The van der Waals surface area contributed by atoms with Crippen LogP contribution < -0.4 is 5.32 Å². The third kappa shape index (κ3) is 4.00. The highest BCUT2D eigenvalue weighted by Gasteiger charge is 2.30. The van der Waals surface area contributed by atoms with Crippen molar-refractivity contribution < 1.29 is 9.50 Å². The molecule has 1 fully saturated rings. The number of phenols is 1. The number of aromatic hydroxyl groups is 1. The van der Waals surface area contributed by atoms with Gasteiger partial charge in [-0.15, -0.1) is 36.2 Å². The molecule has 1 aromatic heterocycles. The number of phenolic OH excluding ortho intramolecular Hbond substituents is 1. The summed E-state index contributed by atoms with van der Waals surface area (Å²) in [6.45, 7) is 3.23. The van der Waals surface area contributed by atoms with Crippen molar-refractivity contribution in [3.63, 3.8) is 0 Å². The molecular formula is C16H18Cl2FN3OS. The van der Waals surface area contributed by atoms with Gasteiger partial charge in [-0.05, 0) is 23.6 Å². The number of hydrogen-bond donors (Lipinski definition) is 2. The van der Waals surface area contributed by atoms with Crippen molar-refractivity contribution in [1.29, 1.82) is 5.26 Å². The molecule has 1 aliphatic rings. The second-order valence-corrected chi connectivity index (χ2v) is 6.15. The van der Waals surface area contributed by atoms with E-state index in [1.54, 1.807) is 11.3 Å². The summed E-state index contributed by atoms with van der Waals surface area (Å²) in [7, 11) is 0. The summed E-state index contributed by atoms with van der Waals surface area (Å²) >= 11 is 1.55. The van der Waals surface area contributed by atoms with Crippen molar-refractivity contribution in [2.45, 2.75) is 6.04 Å². The predicted octanol–water partition coefficient (Wildman–Crippen LogP) is 3.30. The largest absolute Gasteiger partial charge is 0.505 e. The van der Waals surface area contributed by atoms with Gasteiger partial charge in [0.2, 0.25) is 0 Å². The molecular weight excluding hydrogens is 372 g/mol. The minimum absolute atomic E-state index is 0. The number of hydrogen-bond acceptors (Lipinski definition) is 5. The van der Waals surface area contributed by atoms with Gasteiger partial charge < -0.3 is 10.4 Å². The van der Waals surface area contributed by atoms with Gasteiger partial charge in [0, 0.05) is 36.6 Å². The summed E-state index contributed by atoms with van der Waals surface area (Å²) in [4.78, 5) is 3.18. The van der Waals surface area contributed by atoms with E-state index in [-0.39, 0.29) is 30.9 Å². The first-order valence-corrected chi connectivity index (χ1v) is 8.00. The van der Waals surface area contributed by atoms with Crippen LogP contribution in [-0.2, 0) is 0 Å². The fraction of sp³-hybridized carbons (Fsp3) is 0.312. The standard InChI is InChI=1S/C16H16FN3OS.2ClH/c17-12-4-3-11(10-18)14(16(12)21)15(13-2-1-9-22-13)20-7-5-19-6-8-20;;/h1-4,9,15,19,21H,5-8H2;2*1H/t15-;;/m1../s1. The topological polar surface area (TPSA) is 59.3 Å². The third-order valence-corrected chi connectivity index (χ3v) is 4.82. The highest BCUT2D eigenvalue weighted by molar-refractivity contribution is 7.10. The Morgan fingerprint density at radius 1 is 1.25 bits per heavy atom. The van der Waals surface area contributed by atoms with Crippen LogP contribution in [0.3, 0.4) is 0 Å². The zero-order valence-corrected chi connectivity index (χ0v) is 15.2. The van der Waals surface area contributed by atoms with Crippen LogP contribution in [0.4, 0.5) is 4.39 Å². The van der Waals surface area contributed by atoms with Crippen molar-refractivity contribution in [3.8, 4) is 11.8 Å². The average Bonchev–Trinajstić information content (AvgIpc) is 3.07. The van der Waals surface area contributed by atoms with Crippen molar-refractivity contribution in [1.82, 2.24) is 10.2 Å². The van der Waals surface area contributed by atoms with Crippen LogP contribution in [0, 0.1) is 17.1 Å². The fourth-order valence-electron chi connectivity index (χ4n) is 2.85. The van der Waals surface area contributed by atoms with Gasteiger partial charge in [-0.3, -0.25) is 4.90 Å². The van der Waals surface area contributed by atoms with Gasteiger partial charge in [0.05, 0.1) is 17.7 Å². The quantitative estimate of drug-likeness (QED) is 0.845. The first-order valence-electron chi connectivity index (χ1n) is 7.12. The summed E-state index contributed by atoms with van der Waals surface area (Å²) in [5.74, 6) is -1.11. The molecule has 0 spiro atoms. The van der Waals surface area contributed by atoms with E-state index in [4.69, 9.17) is 0 Å². The second kappa shape index (κ2) is 9.21. The van der Waals surface area contributed by atoms with E-state index < -0.39 is 11.6 Å². The zero-order valence-electron chi connectivity index (χ0n) is 12.7. The summed E-state index contributed by atoms with van der Waals surface area (Å²) in [6.07, 6.45) is 0. The van der Waals surface area contributed by atoms with E-state index in [1.165, 1.54) is 6.07 Å². The van der Waals surface area contributed by atoms with Crippen molar-refractivity contribution in [2.24, 2.45) is 0 Å². The van der Waals surface area contributed by atoms with Gasteiger partial charge >= 0.3 is 0 Å². The Bertz CT molecular complexity index is 700. The zero-order chi connectivity index (χ0) is 15.5. The first kappa shape index (κ1) is 20.7. The van der Waals surface area contributed by atoms with Gasteiger partial charge in [0.25, 0.3) is 0 Å². The van der Waals surface area contributed by atoms with Crippen LogP contribution in [0.2, 0.25) is 0 Å². The average molecular weight is 390 g/mol. The molecule has 1 aromatic carbocycles. The molecule has 8 heteroatoms. The minimum Gasteiger partial charge on any atom is -0.505 e. The Morgan fingerprint density at radius 2 is 1.96 bits per heavy atom. The molecule has 1 saturated heterocycles. The SMILES string of the molecule is Cl.Cl.N#Cc1ccc(F)c(O)c1[C@@H](c1cccs1)N1CCNCC1. The molecule has 2 aromatic rings. The highest BCUT2D eigenvalue weighted by Crippen LogP contribution is 2.39. The van der Waals surface area contributed by atoms with Crippen molar-refractivity contribution in [3.05, 3.63) is 51.5 Å². The minimum atomic E-state index is -0.689. The summed E-state index contributed by atoms with van der Waals surface area (Å²) < 4.78 is 13.9. The van der Waals surface area contributed by atoms with E-state index in [9.17, 15) is 14.8 Å². The second-order valence-electron chi connectivity index (χ2n) is 5.17. The van der Waals surface area contributed by atoms with Crippen LogP contribution in [0.5, 0.6) is 5.75 Å². The number of nitrogens with one attached hydrogen (secondary N) is 1. The number of thiophene rings is 1. The molecule has 0 unspecified atom stereocenters. The summed E-state index contributed by atoms with van der Waals surface area (Å²) in [5.41, 5.74) is 0.683. The number of halogens is 3. The van der Waals surface area contributed by atoms with Crippen molar-refractivity contribution in [2.75, 3.05) is 26.2 Å². The molecule has 4 nitrogen and oxygen atoms in total. The van der Waals surface area contributed by atoms with Crippen LogP contribution in [0.25, 0.3) is 0 Å². The normalized spacial score (nSPS) is 15.7. The Kier molecular flexibility index (Phi) is 7.94. The lowest BCUT2D eigenvalue weighted by Gasteiger charge is -2.35. The van der Waals surface area contributed by atoms with Crippen LogP contribution in [0.15, 0.2) is 29.6 Å². The van der Waals surface area contributed by atoms with Gasteiger partial charge in [-0.1, -0.05) is 6.07 Å². The van der Waals surface area contributed by atoms with E-state index in [2.05, 4.69) is 16.3 Å².